The summed E-state index contributed by atoms with van der Waals surface area (Å²) in [6.07, 6.45) is 1.39. The van der Waals surface area contributed by atoms with Gasteiger partial charge in [-0.05, 0) is 37.2 Å². The second kappa shape index (κ2) is 5.10. The van der Waals surface area contributed by atoms with Crippen LogP contribution < -0.4 is 5.32 Å². The smallest absolute Gasteiger partial charge is 0.181 e. The van der Waals surface area contributed by atoms with Crippen molar-refractivity contribution in [1.82, 2.24) is 10.3 Å². The molecule has 0 saturated carbocycles. The highest BCUT2D eigenvalue weighted by Gasteiger charge is 2.11. The van der Waals surface area contributed by atoms with E-state index in [0.717, 1.165) is 23.4 Å². The summed E-state index contributed by atoms with van der Waals surface area (Å²) in [5, 5.41) is 3.17. The maximum absolute atomic E-state index is 13.3. The Bertz CT molecular complexity index is 488. The van der Waals surface area contributed by atoms with Crippen molar-refractivity contribution in [2.75, 3.05) is 6.54 Å². The number of nitrogens with zero attached hydrogens (tertiary/aromatic N) is 1. The van der Waals surface area contributed by atoms with E-state index in [1.807, 2.05) is 19.9 Å². The van der Waals surface area contributed by atoms with Crippen molar-refractivity contribution in [1.29, 1.82) is 0 Å². The maximum Gasteiger partial charge on any atom is 0.181 e. The molecule has 4 heteroatoms. The van der Waals surface area contributed by atoms with Crippen molar-refractivity contribution in [3.8, 4) is 11.3 Å². The molecule has 3 nitrogen and oxygen atoms in total. The van der Waals surface area contributed by atoms with Crippen molar-refractivity contribution < 1.29 is 8.81 Å². The van der Waals surface area contributed by atoms with Crippen molar-refractivity contribution in [2.45, 2.75) is 20.4 Å². The summed E-state index contributed by atoms with van der Waals surface area (Å²) in [7, 11) is 0. The van der Waals surface area contributed by atoms with E-state index < -0.39 is 0 Å². The van der Waals surface area contributed by atoms with Gasteiger partial charge in [-0.15, -0.1) is 0 Å². The van der Waals surface area contributed by atoms with Gasteiger partial charge in [0.1, 0.15) is 11.5 Å². The molecule has 2 aromatic rings. The summed E-state index contributed by atoms with van der Waals surface area (Å²) >= 11 is 0. The number of oxazole rings is 1. The lowest BCUT2D eigenvalue weighted by Gasteiger charge is -2.03. The molecule has 17 heavy (non-hydrogen) atoms. The Kier molecular flexibility index (Phi) is 3.54. The number of aryl methyl sites for hydroxylation is 1. The fourth-order valence-electron chi connectivity index (χ4n) is 1.74. The number of rotatable bonds is 4. The van der Waals surface area contributed by atoms with E-state index in [-0.39, 0.29) is 5.82 Å². The van der Waals surface area contributed by atoms with Crippen LogP contribution in [0.5, 0.6) is 0 Å². The number of hydrogen-bond acceptors (Lipinski definition) is 3. The molecular weight excluding hydrogens is 219 g/mol. The first kappa shape index (κ1) is 11.8. The highest BCUT2D eigenvalue weighted by Crippen LogP contribution is 2.25. The normalized spacial score (nSPS) is 10.8. The molecule has 90 valence electrons. The number of nitrogens with one attached hydrogen (secondary N) is 1. The first-order valence-corrected chi connectivity index (χ1v) is 5.61. The molecule has 0 radical (unpaired) electrons. The minimum atomic E-state index is -0.259. The summed E-state index contributed by atoms with van der Waals surface area (Å²) in [6.45, 7) is 5.35. The van der Waals surface area contributed by atoms with Crippen LogP contribution in [-0.2, 0) is 6.54 Å². The monoisotopic (exact) mass is 234 g/mol. The van der Waals surface area contributed by atoms with Gasteiger partial charge in [-0.25, -0.2) is 9.37 Å². The van der Waals surface area contributed by atoms with Gasteiger partial charge in [0.2, 0.25) is 0 Å². The first-order chi connectivity index (χ1) is 8.20. The molecule has 1 aromatic heterocycles. The maximum atomic E-state index is 13.3. The quantitative estimate of drug-likeness (QED) is 0.884. The van der Waals surface area contributed by atoms with E-state index in [4.69, 9.17) is 4.42 Å². The standard InChI is InChI=1S/C13H15FN2O/c1-3-15-7-12-13(17-8-16-12)10-4-9(2)5-11(14)6-10/h4-6,8,15H,3,7H2,1-2H3. The van der Waals surface area contributed by atoms with Crippen LogP contribution >= 0.6 is 0 Å². The fourth-order valence-corrected chi connectivity index (χ4v) is 1.74. The number of hydrogen-bond donors (Lipinski definition) is 1. The number of benzene rings is 1. The second-order valence-corrected chi connectivity index (χ2v) is 3.93. The topological polar surface area (TPSA) is 38.1 Å². The molecule has 0 amide bonds. The Morgan fingerprint density at radius 3 is 2.88 bits per heavy atom. The van der Waals surface area contributed by atoms with Crippen molar-refractivity contribution in [3.63, 3.8) is 0 Å². The average Bonchev–Trinajstić information content (AvgIpc) is 2.73. The summed E-state index contributed by atoms with van der Waals surface area (Å²) in [6, 6.07) is 4.84. The van der Waals surface area contributed by atoms with Crippen LogP contribution in [-0.4, -0.2) is 11.5 Å². The molecule has 1 N–H and O–H groups in total. The molecule has 0 aliphatic rings. The molecule has 0 aliphatic heterocycles. The van der Waals surface area contributed by atoms with E-state index in [9.17, 15) is 4.39 Å². The summed E-state index contributed by atoms with van der Waals surface area (Å²) in [5.41, 5.74) is 2.40. The van der Waals surface area contributed by atoms with Crippen LogP contribution in [0.1, 0.15) is 18.2 Å². The van der Waals surface area contributed by atoms with Crippen LogP contribution in [0.3, 0.4) is 0 Å². The third-order valence-corrected chi connectivity index (χ3v) is 2.49. The third-order valence-electron chi connectivity index (χ3n) is 2.49. The molecule has 1 heterocycles. The van der Waals surface area contributed by atoms with Gasteiger partial charge in [0.05, 0.1) is 0 Å². The first-order valence-electron chi connectivity index (χ1n) is 5.61. The van der Waals surface area contributed by atoms with Gasteiger partial charge in [0.15, 0.2) is 12.2 Å². The van der Waals surface area contributed by atoms with Crippen LogP contribution in [0, 0.1) is 12.7 Å². The largest absolute Gasteiger partial charge is 0.443 e. The zero-order chi connectivity index (χ0) is 12.3. The zero-order valence-corrected chi connectivity index (χ0v) is 9.96. The lowest BCUT2D eigenvalue weighted by Crippen LogP contribution is -2.12. The van der Waals surface area contributed by atoms with E-state index in [0.29, 0.717) is 12.3 Å². The molecule has 0 fully saturated rings. The Morgan fingerprint density at radius 2 is 2.18 bits per heavy atom. The molecule has 1 aromatic carbocycles. The number of halogens is 1. The van der Waals surface area contributed by atoms with Gasteiger partial charge in [0.25, 0.3) is 0 Å². The van der Waals surface area contributed by atoms with Gasteiger partial charge in [-0.1, -0.05) is 6.92 Å². The third kappa shape index (κ3) is 2.71. The summed E-state index contributed by atoms with van der Waals surface area (Å²) in [5.74, 6) is 0.374. The SMILES string of the molecule is CCNCc1ncoc1-c1cc(C)cc(F)c1. The van der Waals surface area contributed by atoms with E-state index >= 15 is 0 Å². The lowest BCUT2D eigenvalue weighted by molar-refractivity contribution is 0.568. The van der Waals surface area contributed by atoms with Gasteiger partial charge >= 0.3 is 0 Å². The van der Waals surface area contributed by atoms with Crippen LogP contribution in [0.25, 0.3) is 11.3 Å². The molecule has 0 saturated heterocycles. The minimum Gasteiger partial charge on any atom is -0.443 e. The van der Waals surface area contributed by atoms with Gasteiger partial charge < -0.3 is 9.73 Å². The van der Waals surface area contributed by atoms with Crippen molar-refractivity contribution >= 4 is 0 Å². The van der Waals surface area contributed by atoms with Crippen molar-refractivity contribution in [3.05, 3.63) is 41.7 Å². The van der Waals surface area contributed by atoms with Crippen LogP contribution in [0.4, 0.5) is 4.39 Å². The molecule has 0 unspecified atom stereocenters. The Hall–Kier alpha value is -1.68. The van der Waals surface area contributed by atoms with Crippen molar-refractivity contribution in [2.24, 2.45) is 0 Å². The second-order valence-electron chi connectivity index (χ2n) is 3.93. The Morgan fingerprint density at radius 1 is 1.35 bits per heavy atom. The predicted molar refractivity (Wildman–Crippen MR) is 64.0 cm³/mol. The average molecular weight is 234 g/mol. The molecule has 0 spiro atoms. The molecule has 0 atom stereocenters. The Balaban J connectivity index is 2.35. The van der Waals surface area contributed by atoms with Gasteiger partial charge in [0, 0.05) is 12.1 Å². The number of aromatic nitrogens is 1. The summed E-state index contributed by atoms with van der Waals surface area (Å²) in [4.78, 5) is 4.14. The van der Waals surface area contributed by atoms with E-state index in [2.05, 4.69) is 10.3 Å². The highest BCUT2D eigenvalue weighted by atomic mass is 19.1. The zero-order valence-electron chi connectivity index (χ0n) is 9.96. The molecular formula is C13H15FN2O. The minimum absolute atomic E-state index is 0.259. The van der Waals surface area contributed by atoms with Crippen LogP contribution in [0.2, 0.25) is 0 Å². The molecule has 0 bridgehead atoms. The fraction of sp³-hybridized carbons (Fsp3) is 0.308. The summed E-state index contributed by atoms with van der Waals surface area (Å²) < 4.78 is 18.7. The molecule has 2 rings (SSSR count). The van der Waals surface area contributed by atoms with Crippen LogP contribution in [0.15, 0.2) is 29.0 Å². The lowest BCUT2D eigenvalue weighted by atomic mass is 10.1. The van der Waals surface area contributed by atoms with E-state index in [1.165, 1.54) is 18.5 Å². The molecule has 0 aliphatic carbocycles. The Labute approximate surface area is 99.7 Å². The van der Waals surface area contributed by atoms with E-state index in [1.54, 1.807) is 0 Å². The highest BCUT2D eigenvalue weighted by molar-refractivity contribution is 5.60. The van der Waals surface area contributed by atoms with Gasteiger partial charge in [-0.2, -0.15) is 0 Å². The predicted octanol–water partition coefficient (Wildman–Crippen LogP) is 2.90. The van der Waals surface area contributed by atoms with Gasteiger partial charge in [-0.3, -0.25) is 0 Å².